The van der Waals surface area contributed by atoms with Crippen LogP contribution in [0.1, 0.15) is 11.1 Å². The molecule has 0 saturated carbocycles. The lowest BCUT2D eigenvalue weighted by atomic mass is 10.0. The van der Waals surface area contributed by atoms with Crippen molar-refractivity contribution in [1.29, 1.82) is 0 Å². The van der Waals surface area contributed by atoms with Crippen molar-refractivity contribution >= 4 is 6.03 Å². The summed E-state index contributed by atoms with van der Waals surface area (Å²) in [6.45, 7) is 3.11. The van der Waals surface area contributed by atoms with Gasteiger partial charge in [0, 0.05) is 26.2 Å². The third-order valence-electron chi connectivity index (χ3n) is 3.25. The molecule has 0 radical (unpaired) electrons. The monoisotopic (exact) mass is 247 g/mol. The van der Waals surface area contributed by atoms with Crippen LogP contribution in [-0.4, -0.2) is 49.6 Å². The van der Waals surface area contributed by atoms with Crippen LogP contribution >= 0.6 is 0 Å². The van der Waals surface area contributed by atoms with Gasteiger partial charge in [0.1, 0.15) is 0 Å². The molecule has 0 spiro atoms. The van der Waals surface area contributed by atoms with Crippen molar-refractivity contribution in [3.63, 3.8) is 0 Å². The molecule has 1 aromatic carbocycles. The fourth-order valence-corrected chi connectivity index (χ4v) is 2.17. The lowest BCUT2D eigenvalue weighted by molar-refractivity contribution is 0.191. The van der Waals surface area contributed by atoms with Crippen LogP contribution in [0, 0.1) is 0 Å². The number of hydrogen-bond donors (Lipinski definition) is 1. The van der Waals surface area contributed by atoms with Crippen LogP contribution in [0.2, 0.25) is 0 Å². The highest BCUT2D eigenvalue weighted by atomic mass is 16.2. The summed E-state index contributed by atoms with van der Waals surface area (Å²) in [6, 6.07) is 8.40. The Kier molecular flexibility index (Phi) is 4.20. The maximum atomic E-state index is 12.0. The summed E-state index contributed by atoms with van der Waals surface area (Å²) < 4.78 is 0. The van der Waals surface area contributed by atoms with Gasteiger partial charge in [0.05, 0.1) is 0 Å². The number of fused-ring (bicyclic) bond motifs is 1. The smallest absolute Gasteiger partial charge is 0.317 e. The summed E-state index contributed by atoms with van der Waals surface area (Å²) in [5, 5.41) is 2.96. The predicted molar refractivity (Wildman–Crippen MR) is 72.5 cm³/mol. The highest BCUT2D eigenvalue weighted by Crippen LogP contribution is 2.18. The second kappa shape index (κ2) is 5.87. The molecule has 1 heterocycles. The molecular formula is C14H21N3O. The number of likely N-dealkylation sites (N-methyl/N-ethyl adjacent to an activating group) is 1. The van der Waals surface area contributed by atoms with Crippen molar-refractivity contribution in [2.24, 2.45) is 0 Å². The summed E-state index contributed by atoms with van der Waals surface area (Å²) in [6.07, 6.45) is 0.956. The zero-order valence-corrected chi connectivity index (χ0v) is 11.1. The zero-order valence-electron chi connectivity index (χ0n) is 11.1. The molecule has 0 aromatic heterocycles. The zero-order chi connectivity index (χ0) is 13.0. The number of carbonyl (C=O) groups is 1. The van der Waals surface area contributed by atoms with Crippen molar-refractivity contribution in [2.75, 3.05) is 33.7 Å². The van der Waals surface area contributed by atoms with E-state index < -0.39 is 0 Å². The van der Waals surface area contributed by atoms with E-state index in [9.17, 15) is 4.79 Å². The maximum Gasteiger partial charge on any atom is 0.317 e. The molecule has 4 heteroatoms. The molecule has 1 aliphatic rings. The molecule has 0 saturated heterocycles. The average Bonchev–Trinajstić information content (AvgIpc) is 2.37. The first kappa shape index (κ1) is 12.9. The Balaban J connectivity index is 1.87. The average molecular weight is 247 g/mol. The van der Waals surface area contributed by atoms with E-state index in [0.29, 0.717) is 6.54 Å². The van der Waals surface area contributed by atoms with Crippen LogP contribution in [0.4, 0.5) is 4.79 Å². The van der Waals surface area contributed by atoms with E-state index in [-0.39, 0.29) is 6.03 Å². The topological polar surface area (TPSA) is 35.6 Å². The number of benzene rings is 1. The summed E-state index contributed by atoms with van der Waals surface area (Å²) in [5.74, 6) is 0. The van der Waals surface area contributed by atoms with Crippen LogP contribution < -0.4 is 5.32 Å². The van der Waals surface area contributed by atoms with Crippen LogP contribution in [0.3, 0.4) is 0 Å². The number of urea groups is 1. The molecular weight excluding hydrogens is 226 g/mol. The van der Waals surface area contributed by atoms with Gasteiger partial charge in [-0.15, -0.1) is 0 Å². The van der Waals surface area contributed by atoms with Crippen LogP contribution in [-0.2, 0) is 13.0 Å². The largest absolute Gasteiger partial charge is 0.337 e. The fourth-order valence-electron chi connectivity index (χ4n) is 2.17. The molecule has 1 N–H and O–H groups in total. The SMILES string of the molecule is CN(C)CCNC(=O)N1CCc2ccccc2C1. The first-order chi connectivity index (χ1) is 8.66. The number of nitrogens with zero attached hydrogens (tertiary/aromatic N) is 2. The molecule has 18 heavy (non-hydrogen) atoms. The van der Waals surface area contributed by atoms with Crippen molar-refractivity contribution in [1.82, 2.24) is 15.1 Å². The van der Waals surface area contributed by atoms with Crippen molar-refractivity contribution in [2.45, 2.75) is 13.0 Å². The minimum absolute atomic E-state index is 0.0475. The van der Waals surface area contributed by atoms with Gasteiger partial charge in [0.2, 0.25) is 0 Å². The van der Waals surface area contributed by atoms with E-state index in [4.69, 9.17) is 0 Å². The van der Waals surface area contributed by atoms with E-state index in [1.54, 1.807) is 0 Å². The Morgan fingerprint density at radius 3 is 2.78 bits per heavy atom. The third kappa shape index (κ3) is 3.23. The van der Waals surface area contributed by atoms with Crippen LogP contribution in [0.25, 0.3) is 0 Å². The van der Waals surface area contributed by atoms with E-state index >= 15 is 0 Å². The van der Waals surface area contributed by atoms with E-state index in [1.807, 2.05) is 25.1 Å². The lowest BCUT2D eigenvalue weighted by Gasteiger charge is -2.29. The summed E-state index contributed by atoms with van der Waals surface area (Å²) in [7, 11) is 4.01. The Morgan fingerprint density at radius 1 is 1.33 bits per heavy atom. The number of hydrogen-bond acceptors (Lipinski definition) is 2. The highest BCUT2D eigenvalue weighted by molar-refractivity contribution is 5.74. The Labute approximate surface area is 109 Å². The molecule has 1 aliphatic heterocycles. The molecule has 0 aliphatic carbocycles. The molecule has 4 nitrogen and oxygen atoms in total. The number of nitrogens with one attached hydrogen (secondary N) is 1. The minimum Gasteiger partial charge on any atom is -0.337 e. The van der Waals surface area contributed by atoms with Gasteiger partial charge >= 0.3 is 6.03 Å². The Morgan fingerprint density at radius 2 is 2.06 bits per heavy atom. The molecule has 98 valence electrons. The predicted octanol–water partition coefficient (Wildman–Crippen LogP) is 1.32. The molecule has 0 bridgehead atoms. The number of carbonyl (C=O) groups excluding carboxylic acids is 1. The third-order valence-corrected chi connectivity index (χ3v) is 3.25. The molecule has 0 fully saturated rings. The highest BCUT2D eigenvalue weighted by Gasteiger charge is 2.19. The number of amides is 2. The molecule has 0 unspecified atom stereocenters. The van der Waals surface area contributed by atoms with Crippen LogP contribution in [0.15, 0.2) is 24.3 Å². The molecule has 0 atom stereocenters. The van der Waals surface area contributed by atoms with Crippen molar-refractivity contribution < 1.29 is 4.79 Å². The van der Waals surface area contributed by atoms with Gasteiger partial charge in [-0.2, -0.15) is 0 Å². The minimum atomic E-state index is 0.0475. The van der Waals surface area contributed by atoms with Gasteiger partial charge in [-0.1, -0.05) is 24.3 Å². The number of rotatable bonds is 3. The summed E-state index contributed by atoms with van der Waals surface area (Å²) >= 11 is 0. The van der Waals surface area contributed by atoms with E-state index in [2.05, 4.69) is 28.4 Å². The van der Waals surface area contributed by atoms with Crippen LogP contribution in [0.5, 0.6) is 0 Å². The normalized spacial score (nSPS) is 14.5. The van der Waals surface area contributed by atoms with Gasteiger partial charge < -0.3 is 15.1 Å². The maximum absolute atomic E-state index is 12.0. The summed E-state index contributed by atoms with van der Waals surface area (Å²) in [4.78, 5) is 15.9. The van der Waals surface area contributed by atoms with Gasteiger partial charge in [-0.3, -0.25) is 0 Å². The lowest BCUT2D eigenvalue weighted by Crippen LogP contribution is -2.44. The standard InChI is InChI=1S/C14H21N3O/c1-16(2)10-8-15-14(18)17-9-7-12-5-3-4-6-13(12)11-17/h3-6H,7-11H2,1-2H3,(H,15,18). The van der Waals surface area contributed by atoms with E-state index in [0.717, 1.165) is 26.1 Å². The first-order valence-corrected chi connectivity index (χ1v) is 6.41. The Hall–Kier alpha value is -1.55. The molecule has 1 aromatic rings. The van der Waals surface area contributed by atoms with Gasteiger partial charge in [-0.25, -0.2) is 4.79 Å². The fraction of sp³-hybridized carbons (Fsp3) is 0.500. The summed E-state index contributed by atoms with van der Waals surface area (Å²) in [5.41, 5.74) is 2.64. The van der Waals surface area contributed by atoms with Gasteiger partial charge in [0.15, 0.2) is 0 Å². The van der Waals surface area contributed by atoms with Gasteiger partial charge in [0.25, 0.3) is 0 Å². The second-order valence-corrected chi connectivity index (χ2v) is 4.98. The van der Waals surface area contributed by atoms with Crippen molar-refractivity contribution in [3.05, 3.63) is 35.4 Å². The quantitative estimate of drug-likeness (QED) is 0.874. The second-order valence-electron chi connectivity index (χ2n) is 4.98. The first-order valence-electron chi connectivity index (χ1n) is 6.41. The van der Waals surface area contributed by atoms with E-state index in [1.165, 1.54) is 11.1 Å². The van der Waals surface area contributed by atoms with Crippen molar-refractivity contribution in [3.8, 4) is 0 Å². The Bertz CT molecular complexity index is 417. The molecule has 2 amide bonds. The molecule has 2 rings (SSSR count). The van der Waals surface area contributed by atoms with Gasteiger partial charge in [-0.05, 0) is 31.6 Å².